The molecule has 1 aromatic carbocycles. The molecular formula is C11H12BrFO3. The molecule has 0 spiro atoms. The van der Waals surface area contributed by atoms with Crippen molar-refractivity contribution in [3.8, 4) is 11.5 Å². The SMILES string of the molecule is CCC(=O)Oc1ccc(OCCBr)cc1F. The first kappa shape index (κ1) is 13.0. The van der Waals surface area contributed by atoms with Gasteiger partial charge in [0.2, 0.25) is 0 Å². The first-order valence-corrected chi connectivity index (χ1v) is 5.98. The lowest BCUT2D eigenvalue weighted by atomic mass is 10.3. The van der Waals surface area contributed by atoms with E-state index in [1.807, 2.05) is 0 Å². The number of hydrogen-bond donors (Lipinski definition) is 0. The first-order chi connectivity index (χ1) is 7.67. The van der Waals surface area contributed by atoms with Crippen LogP contribution in [0.3, 0.4) is 0 Å². The lowest BCUT2D eigenvalue weighted by Gasteiger charge is -2.07. The maximum absolute atomic E-state index is 13.4. The average Bonchev–Trinajstić information content (AvgIpc) is 2.29. The quantitative estimate of drug-likeness (QED) is 0.475. The molecule has 0 aromatic heterocycles. The molecule has 0 saturated carbocycles. The van der Waals surface area contributed by atoms with E-state index in [2.05, 4.69) is 15.9 Å². The zero-order chi connectivity index (χ0) is 12.0. The number of ether oxygens (including phenoxy) is 2. The third-order valence-corrected chi connectivity index (χ3v) is 2.09. The third kappa shape index (κ3) is 3.81. The van der Waals surface area contributed by atoms with Crippen molar-refractivity contribution in [3.63, 3.8) is 0 Å². The maximum Gasteiger partial charge on any atom is 0.310 e. The highest BCUT2D eigenvalue weighted by molar-refractivity contribution is 9.09. The van der Waals surface area contributed by atoms with Crippen molar-refractivity contribution in [1.82, 2.24) is 0 Å². The van der Waals surface area contributed by atoms with Gasteiger partial charge in [-0.2, -0.15) is 0 Å². The topological polar surface area (TPSA) is 35.5 Å². The Morgan fingerprint density at radius 3 is 2.81 bits per heavy atom. The van der Waals surface area contributed by atoms with Crippen molar-refractivity contribution in [3.05, 3.63) is 24.0 Å². The zero-order valence-electron chi connectivity index (χ0n) is 8.83. The summed E-state index contributed by atoms with van der Waals surface area (Å²) in [5.74, 6) is -0.729. The van der Waals surface area contributed by atoms with Crippen molar-refractivity contribution in [1.29, 1.82) is 0 Å². The summed E-state index contributed by atoms with van der Waals surface area (Å²) < 4.78 is 23.4. The molecule has 0 aliphatic rings. The summed E-state index contributed by atoms with van der Waals surface area (Å²) in [4.78, 5) is 11.0. The summed E-state index contributed by atoms with van der Waals surface area (Å²) in [6.45, 7) is 2.10. The van der Waals surface area contributed by atoms with Gasteiger partial charge < -0.3 is 9.47 Å². The predicted molar refractivity (Wildman–Crippen MR) is 61.6 cm³/mol. The Labute approximate surface area is 102 Å². The van der Waals surface area contributed by atoms with Gasteiger partial charge in [-0.15, -0.1) is 0 Å². The van der Waals surface area contributed by atoms with E-state index in [-0.39, 0.29) is 12.2 Å². The number of hydrogen-bond acceptors (Lipinski definition) is 3. The Morgan fingerprint density at radius 2 is 2.25 bits per heavy atom. The van der Waals surface area contributed by atoms with Crippen LogP contribution in [0.15, 0.2) is 18.2 Å². The Morgan fingerprint density at radius 1 is 1.50 bits per heavy atom. The van der Waals surface area contributed by atoms with Crippen molar-refractivity contribution in [2.45, 2.75) is 13.3 Å². The number of esters is 1. The standard InChI is InChI=1S/C11H12BrFO3/c1-2-11(14)16-10-4-3-8(7-9(10)13)15-6-5-12/h3-4,7H,2,5-6H2,1H3. The minimum atomic E-state index is -0.603. The molecule has 0 radical (unpaired) electrons. The fourth-order valence-corrected chi connectivity index (χ4v) is 1.17. The Kier molecular flexibility index (Phi) is 5.25. The van der Waals surface area contributed by atoms with E-state index in [0.717, 1.165) is 0 Å². The summed E-state index contributed by atoms with van der Waals surface area (Å²) in [6, 6.07) is 4.14. The van der Waals surface area contributed by atoms with Gasteiger partial charge in [0, 0.05) is 17.8 Å². The van der Waals surface area contributed by atoms with E-state index in [1.54, 1.807) is 13.0 Å². The van der Waals surface area contributed by atoms with Crippen LogP contribution in [0.2, 0.25) is 0 Å². The molecule has 0 aliphatic heterocycles. The van der Waals surface area contributed by atoms with E-state index in [9.17, 15) is 9.18 Å². The lowest BCUT2D eigenvalue weighted by molar-refractivity contribution is -0.134. The van der Waals surface area contributed by atoms with Gasteiger partial charge >= 0.3 is 5.97 Å². The van der Waals surface area contributed by atoms with E-state index in [1.165, 1.54) is 12.1 Å². The van der Waals surface area contributed by atoms with E-state index >= 15 is 0 Å². The number of rotatable bonds is 5. The van der Waals surface area contributed by atoms with Gasteiger partial charge in [0.1, 0.15) is 5.75 Å². The van der Waals surface area contributed by atoms with Crippen LogP contribution in [-0.2, 0) is 4.79 Å². The third-order valence-electron chi connectivity index (χ3n) is 1.76. The number of carbonyl (C=O) groups excluding carboxylic acids is 1. The smallest absolute Gasteiger partial charge is 0.310 e. The fourth-order valence-electron chi connectivity index (χ4n) is 1.01. The molecule has 0 unspecified atom stereocenters. The monoisotopic (exact) mass is 290 g/mol. The second kappa shape index (κ2) is 6.48. The lowest BCUT2D eigenvalue weighted by Crippen LogP contribution is -2.07. The van der Waals surface area contributed by atoms with Gasteiger partial charge in [0.05, 0.1) is 6.61 Å². The Hall–Kier alpha value is -1.10. The number of carbonyl (C=O) groups is 1. The molecule has 3 nitrogen and oxygen atoms in total. The highest BCUT2D eigenvalue weighted by Crippen LogP contribution is 2.23. The fraction of sp³-hybridized carbons (Fsp3) is 0.364. The highest BCUT2D eigenvalue weighted by Gasteiger charge is 2.08. The highest BCUT2D eigenvalue weighted by atomic mass is 79.9. The minimum absolute atomic E-state index is 0.0713. The molecule has 0 bridgehead atoms. The van der Waals surface area contributed by atoms with Crippen LogP contribution in [0.1, 0.15) is 13.3 Å². The van der Waals surface area contributed by atoms with Gasteiger partial charge in [-0.25, -0.2) is 4.39 Å². The first-order valence-electron chi connectivity index (χ1n) is 4.86. The Bertz CT molecular complexity index is 368. The van der Waals surface area contributed by atoms with Gasteiger partial charge in [-0.1, -0.05) is 22.9 Å². The number of benzene rings is 1. The molecule has 0 saturated heterocycles. The predicted octanol–water partition coefficient (Wildman–Crippen LogP) is 2.91. The molecule has 0 heterocycles. The van der Waals surface area contributed by atoms with E-state index < -0.39 is 11.8 Å². The molecule has 5 heteroatoms. The largest absolute Gasteiger partial charge is 0.493 e. The average molecular weight is 291 g/mol. The summed E-state index contributed by atoms with van der Waals surface area (Å²) in [6.07, 6.45) is 0.210. The number of halogens is 2. The van der Waals surface area contributed by atoms with Crippen LogP contribution in [0.5, 0.6) is 11.5 Å². The maximum atomic E-state index is 13.4. The normalized spacial score (nSPS) is 9.94. The van der Waals surface area contributed by atoms with Crippen LogP contribution in [0.4, 0.5) is 4.39 Å². The van der Waals surface area contributed by atoms with Crippen LogP contribution < -0.4 is 9.47 Å². The van der Waals surface area contributed by atoms with Crippen molar-refractivity contribution < 1.29 is 18.7 Å². The van der Waals surface area contributed by atoms with Crippen molar-refractivity contribution in [2.24, 2.45) is 0 Å². The molecule has 16 heavy (non-hydrogen) atoms. The molecule has 0 aliphatic carbocycles. The van der Waals surface area contributed by atoms with Gasteiger partial charge in [0.25, 0.3) is 0 Å². The molecule has 1 rings (SSSR count). The van der Waals surface area contributed by atoms with E-state index in [0.29, 0.717) is 17.7 Å². The molecule has 88 valence electrons. The summed E-state index contributed by atoms with van der Waals surface area (Å²) in [5, 5.41) is 0.668. The Balaban J connectivity index is 2.71. The molecule has 0 atom stereocenters. The van der Waals surface area contributed by atoms with Crippen LogP contribution in [-0.4, -0.2) is 17.9 Å². The van der Waals surface area contributed by atoms with Crippen molar-refractivity contribution >= 4 is 21.9 Å². The van der Waals surface area contributed by atoms with Gasteiger partial charge in [-0.05, 0) is 12.1 Å². The summed E-state index contributed by atoms with van der Waals surface area (Å²) >= 11 is 3.19. The molecular weight excluding hydrogens is 279 g/mol. The molecule has 0 fully saturated rings. The van der Waals surface area contributed by atoms with E-state index in [4.69, 9.17) is 9.47 Å². The molecule has 0 amide bonds. The second-order valence-corrected chi connectivity index (χ2v) is 3.75. The number of alkyl halides is 1. The van der Waals surface area contributed by atoms with Gasteiger partial charge in [0.15, 0.2) is 11.6 Å². The molecule has 1 aromatic rings. The van der Waals surface area contributed by atoms with Crippen molar-refractivity contribution in [2.75, 3.05) is 11.9 Å². The van der Waals surface area contributed by atoms with Crippen LogP contribution in [0.25, 0.3) is 0 Å². The summed E-state index contributed by atoms with van der Waals surface area (Å²) in [5.41, 5.74) is 0. The second-order valence-electron chi connectivity index (χ2n) is 2.96. The minimum Gasteiger partial charge on any atom is -0.493 e. The summed E-state index contributed by atoms with van der Waals surface area (Å²) in [7, 11) is 0. The van der Waals surface area contributed by atoms with Gasteiger partial charge in [-0.3, -0.25) is 4.79 Å². The van der Waals surface area contributed by atoms with Crippen LogP contribution >= 0.6 is 15.9 Å². The zero-order valence-corrected chi connectivity index (χ0v) is 10.4. The molecule has 0 N–H and O–H groups in total. The van der Waals surface area contributed by atoms with Crippen LogP contribution in [0, 0.1) is 5.82 Å².